The molecule has 1 fully saturated rings. The highest BCUT2D eigenvalue weighted by atomic mass is 32.2. The first-order valence-electron chi connectivity index (χ1n) is 5.68. The van der Waals surface area contributed by atoms with Gasteiger partial charge in [0.1, 0.15) is 0 Å². The van der Waals surface area contributed by atoms with Gasteiger partial charge in [0, 0.05) is 24.2 Å². The van der Waals surface area contributed by atoms with Crippen LogP contribution in [0.3, 0.4) is 0 Å². The number of amides is 1. The smallest absolute Gasteiger partial charge is 0.230 e. The molecule has 0 spiro atoms. The molecule has 1 saturated heterocycles. The SMILES string of the molecule is CCCCCNC1=CN2C(=O)C[C@@H]2SC1. The van der Waals surface area contributed by atoms with E-state index in [9.17, 15) is 4.79 Å². The van der Waals surface area contributed by atoms with Crippen molar-refractivity contribution in [1.82, 2.24) is 10.2 Å². The minimum absolute atomic E-state index is 0.264. The molecule has 0 aromatic heterocycles. The molecule has 0 aromatic carbocycles. The van der Waals surface area contributed by atoms with Gasteiger partial charge >= 0.3 is 0 Å². The lowest BCUT2D eigenvalue weighted by molar-refractivity contribution is -0.137. The second kappa shape index (κ2) is 4.92. The summed E-state index contributed by atoms with van der Waals surface area (Å²) in [7, 11) is 0. The van der Waals surface area contributed by atoms with E-state index in [0.29, 0.717) is 5.37 Å². The van der Waals surface area contributed by atoms with Gasteiger partial charge in [0.2, 0.25) is 5.91 Å². The van der Waals surface area contributed by atoms with Crippen molar-refractivity contribution < 1.29 is 4.79 Å². The molecule has 0 aromatic rings. The van der Waals surface area contributed by atoms with Crippen LogP contribution in [-0.2, 0) is 4.79 Å². The van der Waals surface area contributed by atoms with Crippen LogP contribution < -0.4 is 5.32 Å². The third-order valence-electron chi connectivity index (χ3n) is 2.81. The van der Waals surface area contributed by atoms with Gasteiger partial charge < -0.3 is 10.2 Å². The van der Waals surface area contributed by atoms with E-state index in [2.05, 4.69) is 12.2 Å². The normalized spacial score (nSPS) is 24.3. The maximum atomic E-state index is 11.2. The van der Waals surface area contributed by atoms with Gasteiger partial charge in [-0.2, -0.15) is 0 Å². The van der Waals surface area contributed by atoms with Crippen LogP contribution in [0.4, 0.5) is 0 Å². The van der Waals surface area contributed by atoms with Crippen molar-refractivity contribution in [2.45, 2.75) is 38.0 Å². The van der Waals surface area contributed by atoms with Gasteiger partial charge in [0.15, 0.2) is 0 Å². The number of hydrogen-bond donors (Lipinski definition) is 1. The number of β-lactam (4-membered cyclic amide) rings is 1. The van der Waals surface area contributed by atoms with E-state index in [1.165, 1.54) is 25.0 Å². The molecule has 2 heterocycles. The molecule has 0 bridgehead atoms. The Morgan fingerprint density at radius 3 is 3.20 bits per heavy atom. The van der Waals surface area contributed by atoms with Crippen LogP contribution in [-0.4, -0.2) is 28.5 Å². The standard InChI is InChI=1S/C11H18N2OS/c1-2-3-4-5-12-9-7-13-10(14)6-11(13)15-8-9/h7,11-12H,2-6,8H2,1H3/t11-/m0/s1. The molecule has 4 heteroatoms. The summed E-state index contributed by atoms with van der Waals surface area (Å²) in [6, 6.07) is 0. The zero-order valence-corrected chi connectivity index (χ0v) is 9.98. The largest absolute Gasteiger partial charge is 0.386 e. The van der Waals surface area contributed by atoms with Crippen LogP contribution in [0.15, 0.2) is 11.9 Å². The highest BCUT2D eigenvalue weighted by molar-refractivity contribution is 8.00. The van der Waals surface area contributed by atoms with Gasteiger partial charge in [-0.3, -0.25) is 4.79 Å². The molecule has 15 heavy (non-hydrogen) atoms. The zero-order valence-electron chi connectivity index (χ0n) is 9.16. The minimum Gasteiger partial charge on any atom is -0.386 e. The molecule has 0 saturated carbocycles. The van der Waals surface area contributed by atoms with Gasteiger partial charge in [0.25, 0.3) is 0 Å². The predicted octanol–water partition coefficient (Wildman–Crippen LogP) is 1.91. The Morgan fingerprint density at radius 1 is 1.60 bits per heavy atom. The van der Waals surface area contributed by atoms with Crippen molar-refractivity contribution in [3.63, 3.8) is 0 Å². The Balaban J connectivity index is 1.75. The third kappa shape index (κ3) is 2.48. The van der Waals surface area contributed by atoms with E-state index in [4.69, 9.17) is 0 Å². The summed E-state index contributed by atoms with van der Waals surface area (Å²) in [4.78, 5) is 13.1. The average molecular weight is 226 g/mol. The lowest BCUT2D eigenvalue weighted by Gasteiger charge is -2.41. The van der Waals surface area contributed by atoms with Gasteiger partial charge in [0.05, 0.1) is 11.8 Å². The number of thioether (sulfide) groups is 1. The summed E-state index contributed by atoms with van der Waals surface area (Å²) in [5.41, 5.74) is 1.21. The van der Waals surface area contributed by atoms with E-state index >= 15 is 0 Å². The van der Waals surface area contributed by atoms with Crippen molar-refractivity contribution in [3.8, 4) is 0 Å². The fraction of sp³-hybridized carbons (Fsp3) is 0.727. The Kier molecular flexibility index (Phi) is 3.57. The van der Waals surface area contributed by atoms with Crippen LogP contribution in [0.5, 0.6) is 0 Å². The molecular formula is C11H18N2OS. The molecule has 84 valence electrons. The lowest BCUT2D eigenvalue weighted by Crippen LogP contribution is -2.50. The molecule has 3 nitrogen and oxygen atoms in total. The van der Waals surface area contributed by atoms with E-state index in [1.54, 1.807) is 0 Å². The second-order valence-corrected chi connectivity index (χ2v) is 5.23. The van der Waals surface area contributed by atoms with E-state index in [0.717, 1.165) is 18.7 Å². The second-order valence-electron chi connectivity index (χ2n) is 4.06. The fourth-order valence-corrected chi connectivity index (χ4v) is 2.96. The van der Waals surface area contributed by atoms with Crippen molar-refractivity contribution in [1.29, 1.82) is 0 Å². The average Bonchev–Trinajstić information content (AvgIpc) is 2.25. The molecule has 0 unspecified atom stereocenters. The van der Waals surface area contributed by atoms with E-state index in [1.807, 2.05) is 22.9 Å². The van der Waals surface area contributed by atoms with Crippen LogP contribution >= 0.6 is 11.8 Å². The highest BCUT2D eigenvalue weighted by Gasteiger charge is 2.37. The Bertz CT molecular complexity index is 278. The fourth-order valence-electron chi connectivity index (χ4n) is 1.81. The molecule has 0 radical (unpaired) electrons. The van der Waals surface area contributed by atoms with Crippen molar-refractivity contribution in [2.24, 2.45) is 0 Å². The summed E-state index contributed by atoms with van der Waals surface area (Å²) in [5, 5.41) is 3.84. The maximum Gasteiger partial charge on any atom is 0.230 e. The Morgan fingerprint density at radius 2 is 2.47 bits per heavy atom. The summed E-state index contributed by atoms with van der Waals surface area (Å²) in [5.74, 6) is 1.29. The predicted molar refractivity (Wildman–Crippen MR) is 63.3 cm³/mol. The Labute approximate surface area is 95.3 Å². The number of nitrogens with zero attached hydrogens (tertiary/aromatic N) is 1. The summed E-state index contributed by atoms with van der Waals surface area (Å²) in [6.45, 7) is 3.24. The Hall–Kier alpha value is -0.640. The van der Waals surface area contributed by atoms with Crippen LogP contribution in [0, 0.1) is 0 Å². The number of rotatable bonds is 5. The quantitative estimate of drug-likeness (QED) is 0.574. The molecule has 1 N–H and O–H groups in total. The molecule has 2 rings (SSSR count). The summed E-state index contributed by atoms with van der Waals surface area (Å²) in [6.07, 6.45) is 6.47. The molecular weight excluding hydrogens is 208 g/mol. The number of hydrogen-bond acceptors (Lipinski definition) is 3. The first-order valence-corrected chi connectivity index (χ1v) is 6.73. The van der Waals surface area contributed by atoms with Crippen molar-refractivity contribution in [2.75, 3.05) is 12.3 Å². The van der Waals surface area contributed by atoms with Crippen molar-refractivity contribution >= 4 is 17.7 Å². The van der Waals surface area contributed by atoms with E-state index < -0.39 is 0 Å². The first-order chi connectivity index (χ1) is 7.31. The molecule has 2 aliphatic rings. The molecule has 1 amide bonds. The van der Waals surface area contributed by atoms with Gasteiger partial charge in [-0.05, 0) is 6.42 Å². The van der Waals surface area contributed by atoms with Gasteiger partial charge in [-0.1, -0.05) is 19.8 Å². The highest BCUT2D eigenvalue weighted by Crippen LogP contribution is 2.34. The zero-order chi connectivity index (χ0) is 10.7. The number of carbonyl (C=O) groups is 1. The van der Waals surface area contributed by atoms with Crippen LogP contribution in [0.1, 0.15) is 32.6 Å². The lowest BCUT2D eigenvalue weighted by atomic mass is 10.2. The summed E-state index contributed by atoms with van der Waals surface area (Å²) < 4.78 is 0. The number of fused-ring (bicyclic) bond motifs is 1. The topological polar surface area (TPSA) is 32.3 Å². The third-order valence-corrected chi connectivity index (χ3v) is 4.06. The van der Waals surface area contributed by atoms with Gasteiger partial charge in [-0.15, -0.1) is 11.8 Å². The molecule has 0 aliphatic carbocycles. The monoisotopic (exact) mass is 226 g/mol. The molecule has 1 atom stereocenters. The van der Waals surface area contributed by atoms with Gasteiger partial charge in [-0.25, -0.2) is 0 Å². The maximum absolute atomic E-state index is 11.2. The number of nitrogens with one attached hydrogen (secondary N) is 1. The van der Waals surface area contributed by atoms with Crippen LogP contribution in [0.2, 0.25) is 0 Å². The van der Waals surface area contributed by atoms with E-state index in [-0.39, 0.29) is 5.91 Å². The first kappa shape index (κ1) is 10.9. The molecule has 2 aliphatic heterocycles. The minimum atomic E-state index is 0.264. The summed E-state index contributed by atoms with van der Waals surface area (Å²) >= 11 is 1.86. The number of carbonyl (C=O) groups excluding carboxylic acids is 1. The van der Waals surface area contributed by atoms with Crippen molar-refractivity contribution in [3.05, 3.63) is 11.9 Å². The van der Waals surface area contributed by atoms with Crippen LogP contribution in [0.25, 0.3) is 0 Å². The number of unbranched alkanes of at least 4 members (excludes halogenated alkanes) is 2.